The highest BCUT2D eigenvalue weighted by Gasteiger charge is 2.19. The van der Waals surface area contributed by atoms with Gasteiger partial charge in [-0.2, -0.15) is 0 Å². The number of piperidine rings is 1. The molecule has 0 spiro atoms. The Morgan fingerprint density at radius 1 is 1.33 bits per heavy atom. The number of benzene rings is 1. The second-order valence-electron chi connectivity index (χ2n) is 5.15. The summed E-state index contributed by atoms with van der Waals surface area (Å²) in [6.07, 6.45) is 3.55. The molecule has 0 aliphatic carbocycles. The zero-order valence-corrected chi connectivity index (χ0v) is 11.4. The smallest absolute Gasteiger partial charge is 0.123 e. The average Bonchev–Trinajstić information content (AvgIpc) is 2.37. The number of anilines is 1. The van der Waals surface area contributed by atoms with Gasteiger partial charge in [-0.25, -0.2) is 4.39 Å². The van der Waals surface area contributed by atoms with E-state index in [1.165, 1.54) is 24.9 Å². The number of hydrogen-bond donors (Lipinski definition) is 1. The van der Waals surface area contributed by atoms with Gasteiger partial charge in [0.2, 0.25) is 0 Å². The molecule has 0 aromatic heterocycles. The van der Waals surface area contributed by atoms with Crippen molar-refractivity contribution in [1.29, 1.82) is 0 Å². The fraction of sp³-hybridized carbons (Fsp3) is 0.600. The summed E-state index contributed by atoms with van der Waals surface area (Å²) in [5.74, 6) is -0.143. The Morgan fingerprint density at radius 3 is 2.67 bits per heavy atom. The highest BCUT2D eigenvalue weighted by molar-refractivity contribution is 5.53. The highest BCUT2D eigenvalue weighted by atomic mass is 19.1. The lowest BCUT2D eigenvalue weighted by molar-refractivity contribution is 0.415. The predicted octanol–water partition coefficient (Wildman–Crippen LogP) is 3.10. The molecule has 1 aliphatic heterocycles. The molecule has 2 rings (SSSR count). The average molecular weight is 250 g/mol. The Hall–Kier alpha value is -1.09. The first-order valence-electron chi connectivity index (χ1n) is 6.95. The summed E-state index contributed by atoms with van der Waals surface area (Å²) in [5.41, 5.74) is 2.22. The van der Waals surface area contributed by atoms with Crippen molar-refractivity contribution in [2.24, 2.45) is 0 Å². The molecule has 1 aromatic carbocycles. The maximum atomic E-state index is 13.1. The van der Waals surface area contributed by atoms with Gasteiger partial charge in [-0.3, -0.25) is 0 Å². The third kappa shape index (κ3) is 3.22. The van der Waals surface area contributed by atoms with Gasteiger partial charge < -0.3 is 10.2 Å². The van der Waals surface area contributed by atoms with Crippen LogP contribution in [0, 0.1) is 12.7 Å². The van der Waals surface area contributed by atoms with Crippen molar-refractivity contribution in [2.45, 2.75) is 39.2 Å². The van der Waals surface area contributed by atoms with Crippen molar-refractivity contribution in [1.82, 2.24) is 5.32 Å². The minimum atomic E-state index is -0.143. The number of aryl methyl sites for hydroxylation is 1. The van der Waals surface area contributed by atoms with Crippen LogP contribution in [0.3, 0.4) is 0 Å². The zero-order chi connectivity index (χ0) is 13.0. The Morgan fingerprint density at radius 2 is 2.06 bits per heavy atom. The Balaban J connectivity index is 1.93. The van der Waals surface area contributed by atoms with Gasteiger partial charge in [0.05, 0.1) is 0 Å². The first-order chi connectivity index (χ1) is 8.70. The molecule has 18 heavy (non-hydrogen) atoms. The highest BCUT2D eigenvalue weighted by Crippen LogP contribution is 2.24. The molecule has 1 aromatic rings. The molecule has 0 atom stereocenters. The summed E-state index contributed by atoms with van der Waals surface area (Å²) in [7, 11) is 0. The Kier molecular flexibility index (Phi) is 4.59. The topological polar surface area (TPSA) is 15.3 Å². The van der Waals surface area contributed by atoms with Gasteiger partial charge in [0.25, 0.3) is 0 Å². The van der Waals surface area contributed by atoms with Gasteiger partial charge >= 0.3 is 0 Å². The van der Waals surface area contributed by atoms with Crippen LogP contribution >= 0.6 is 0 Å². The van der Waals surface area contributed by atoms with E-state index in [1.807, 2.05) is 13.0 Å². The van der Waals surface area contributed by atoms with E-state index in [-0.39, 0.29) is 5.82 Å². The van der Waals surface area contributed by atoms with Crippen molar-refractivity contribution >= 4 is 5.69 Å². The van der Waals surface area contributed by atoms with Crippen molar-refractivity contribution in [3.05, 3.63) is 29.6 Å². The lowest BCUT2D eigenvalue weighted by Crippen LogP contribution is -2.43. The SMILES string of the molecule is CCCNC1CCN(c2ccc(F)cc2C)CC1. The predicted molar refractivity (Wildman–Crippen MR) is 74.7 cm³/mol. The molecule has 100 valence electrons. The molecule has 0 radical (unpaired) electrons. The number of hydrogen-bond acceptors (Lipinski definition) is 2. The van der Waals surface area contributed by atoms with Crippen LogP contribution in [0.4, 0.5) is 10.1 Å². The van der Waals surface area contributed by atoms with Crippen LogP contribution in [-0.4, -0.2) is 25.7 Å². The first kappa shape index (κ1) is 13.3. The minimum Gasteiger partial charge on any atom is -0.371 e. The van der Waals surface area contributed by atoms with Crippen LogP contribution in [-0.2, 0) is 0 Å². The molecule has 0 unspecified atom stereocenters. The summed E-state index contributed by atoms with van der Waals surface area (Å²) >= 11 is 0. The van der Waals surface area contributed by atoms with E-state index in [9.17, 15) is 4.39 Å². The van der Waals surface area contributed by atoms with E-state index in [1.54, 1.807) is 12.1 Å². The van der Waals surface area contributed by atoms with E-state index in [2.05, 4.69) is 17.1 Å². The third-order valence-electron chi connectivity index (χ3n) is 3.68. The second-order valence-corrected chi connectivity index (χ2v) is 5.15. The molecule has 1 N–H and O–H groups in total. The van der Waals surface area contributed by atoms with Gasteiger partial charge in [0.1, 0.15) is 5.82 Å². The molecular weight excluding hydrogens is 227 g/mol. The maximum Gasteiger partial charge on any atom is 0.123 e. The van der Waals surface area contributed by atoms with E-state index >= 15 is 0 Å². The lowest BCUT2D eigenvalue weighted by Gasteiger charge is -2.35. The molecule has 1 saturated heterocycles. The van der Waals surface area contributed by atoms with E-state index in [4.69, 9.17) is 0 Å². The van der Waals surface area contributed by atoms with Gasteiger partial charge in [-0.05, 0) is 56.5 Å². The number of halogens is 1. The van der Waals surface area contributed by atoms with E-state index < -0.39 is 0 Å². The molecule has 0 saturated carbocycles. The molecular formula is C15H23FN2. The molecule has 3 heteroatoms. The molecule has 1 aliphatic rings. The number of nitrogens with zero attached hydrogens (tertiary/aromatic N) is 1. The monoisotopic (exact) mass is 250 g/mol. The Labute approximate surface area is 109 Å². The Bertz CT molecular complexity index is 384. The fourth-order valence-electron chi connectivity index (χ4n) is 2.65. The van der Waals surface area contributed by atoms with E-state index in [0.717, 1.165) is 25.2 Å². The molecule has 0 bridgehead atoms. The summed E-state index contributed by atoms with van der Waals surface area (Å²) in [6, 6.07) is 5.74. The summed E-state index contributed by atoms with van der Waals surface area (Å²) in [6.45, 7) is 7.42. The molecule has 1 fully saturated rings. The number of rotatable bonds is 4. The minimum absolute atomic E-state index is 0.143. The second kappa shape index (κ2) is 6.19. The van der Waals surface area contributed by atoms with Gasteiger partial charge in [-0.15, -0.1) is 0 Å². The van der Waals surface area contributed by atoms with E-state index in [0.29, 0.717) is 6.04 Å². The fourth-order valence-corrected chi connectivity index (χ4v) is 2.65. The summed E-state index contributed by atoms with van der Waals surface area (Å²) in [5, 5.41) is 3.58. The van der Waals surface area contributed by atoms with Crippen molar-refractivity contribution in [2.75, 3.05) is 24.5 Å². The summed E-state index contributed by atoms with van der Waals surface area (Å²) in [4.78, 5) is 2.37. The van der Waals surface area contributed by atoms with Crippen LogP contribution < -0.4 is 10.2 Å². The van der Waals surface area contributed by atoms with Crippen molar-refractivity contribution in [3.63, 3.8) is 0 Å². The normalized spacial score (nSPS) is 17.2. The van der Waals surface area contributed by atoms with Gasteiger partial charge in [-0.1, -0.05) is 6.92 Å². The van der Waals surface area contributed by atoms with Crippen LogP contribution in [0.25, 0.3) is 0 Å². The molecule has 0 amide bonds. The number of nitrogens with one attached hydrogen (secondary N) is 1. The maximum absolute atomic E-state index is 13.1. The first-order valence-corrected chi connectivity index (χ1v) is 6.95. The van der Waals surface area contributed by atoms with Gasteiger partial charge in [0.15, 0.2) is 0 Å². The van der Waals surface area contributed by atoms with Crippen molar-refractivity contribution < 1.29 is 4.39 Å². The quantitative estimate of drug-likeness (QED) is 0.883. The lowest BCUT2D eigenvalue weighted by atomic mass is 10.0. The zero-order valence-electron chi connectivity index (χ0n) is 11.4. The van der Waals surface area contributed by atoms with Crippen LogP contribution in [0.2, 0.25) is 0 Å². The largest absolute Gasteiger partial charge is 0.371 e. The van der Waals surface area contributed by atoms with Gasteiger partial charge in [0, 0.05) is 24.8 Å². The molecule has 2 nitrogen and oxygen atoms in total. The summed E-state index contributed by atoms with van der Waals surface area (Å²) < 4.78 is 13.1. The van der Waals surface area contributed by atoms with Crippen LogP contribution in [0.1, 0.15) is 31.7 Å². The van der Waals surface area contributed by atoms with Crippen LogP contribution in [0.15, 0.2) is 18.2 Å². The van der Waals surface area contributed by atoms with Crippen LogP contribution in [0.5, 0.6) is 0 Å². The molecule has 1 heterocycles. The van der Waals surface area contributed by atoms with Crippen molar-refractivity contribution in [3.8, 4) is 0 Å². The third-order valence-corrected chi connectivity index (χ3v) is 3.68. The standard InChI is InChI=1S/C15H23FN2/c1-3-8-17-14-6-9-18(10-7-14)15-5-4-13(16)11-12(15)2/h4-5,11,14,17H,3,6-10H2,1-2H3.